The van der Waals surface area contributed by atoms with E-state index in [1.165, 1.54) is 19.2 Å². The van der Waals surface area contributed by atoms with Crippen LogP contribution in [0.1, 0.15) is 30.1 Å². The smallest absolute Gasteiger partial charge is 0.330 e. The minimum atomic E-state index is -1.53. The Morgan fingerprint density at radius 2 is 1.87 bits per heavy atom. The predicted molar refractivity (Wildman–Crippen MR) is 81.0 cm³/mol. The maximum atomic E-state index is 12.5. The van der Waals surface area contributed by atoms with Gasteiger partial charge >= 0.3 is 6.03 Å². The van der Waals surface area contributed by atoms with Gasteiger partial charge in [-0.05, 0) is 30.7 Å². The number of nitrogens with one attached hydrogen (secondary N) is 1. The molecular weight excluding hydrogens is 300 g/mol. The molecular formula is C16H18N2O5. The van der Waals surface area contributed by atoms with Gasteiger partial charge in [-0.25, -0.2) is 4.79 Å². The summed E-state index contributed by atoms with van der Waals surface area (Å²) in [5, 5.41) is 2.07. The third-order valence-corrected chi connectivity index (χ3v) is 3.62. The number of hydrogen-bond acceptors (Lipinski definition) is 5. The fraction of sp³-hybridized carbons (Fsp3) is 0.375. The van der Waals surface area contributed by atoms with Crippen molar-refractivity contribution >= 4 is 23.6 Å². The molecule has 7 nitrogen and oxygen atoms in total. The highest BCUT2D eigenvalue weighted by Crippen LogP contribution is 2.19. The van der Waals surface area contributed by atoms with E-state index in [-0.39, 0.29) is 12.1 Å². The first-order chi connectivity index (χ1) is 11.0. The SMILES string of the molecule is CCCCN1C(=O)NC(=O)C(C(=O)c2ccc(OC)cc2)C1=O. The van der Waals surface area contributed by atoms with E-state index in [2.05, 4.69) is 5.32 Å². The van der Waals surface area contributed by atoms with Crippen molar-refractivity contribution in [1.82, 2.24) is 10.2 Å². The zero-order chi connectivity index (χ0) is 17.0. The predicted octanol–water partition coefficient (Wildman–Crippen LogP) is 1.37. The van der Waals surface area contributed by atoms with Crippen molar-refractivity contribution in [2.45, 2.75) is 19.8 Å². The first-order valence-corrected chi connectivity index (χ1v) is 7.34. The average Bonchev–Trinajstić information content (AvgIpc) is 2.54. The number of nitrogens with zero attached hydrogens (tertiary/aromatic N) is 1. The molecule has 122 valence electrons. The number of methoxy groups -OCH3 is 1. The minimum Gasteiger partial charge on any atom is -0.497 e. The molecule has 7 heteroatoms. The zero-order valence-corrected chi connectivity index (χ0v) is 13.0. The van der Waals surface area contributed by atoms with E-state index in [0.29, 0.717) is 12.2 Å². The maximum Gasteiger partial charge on any atom is 0.330 e. The Hall–Kier alpha value is -2.70. The number of rotatable bonds is 6. The second-order valence-corrected chi connectivity index (χ2v) is 5.16. The lowest BCUT2D eigenvalue weighted by Gasteiger charge is -2.29. The molecule has 0 bridgehead atoms. The second-order valence-electron chi connectivity index (χ2n) is 5.16. The van der Waals surface area contributed by atoms with Crippen molar-refractivity contribution < 1.29 is 23.9 Å². The Bertz CT molecular complexity index is 638. The molecule has 0 radical (unpaired) electrons. The highest BCUT2D eigenvalue weighted by atomic mass is 16.5. The molecule has 23 heavy (non-hydrogen) atoms. The van der Waals surface area contributed by atoms with Gasteiger partial charge in [0, 0.05) is 12.1 Å². The lowest BCUT2D eigenvalue weighted by Crippen LogP contribution is -2.60. The number of imide groups is 2. The van der Waals surface area contributed by atoms with Crippen molar-refractivity contribution in [2.75, 3.05) is 13.7 Å². The van der Waals surface area contributed by atoms with Gasteiger partial charge < -0.3 is 4.74 Å². The van der Waals surface area contributed by atoms with Gasteiger partial charge in [-0.3, -0.25) is 24.6 Å². The van der Waals surface area contributed by atoms with Crippen LogP contribution < -0.4 is 10.1 Å². The van der Waals surface area contributed by atoms with E-state index in [1.807, 2.05) is 6.92 Å². The van der Waals surface area contributed by atoms with Crippen LogP contribution >= 0.6 is 0 Å². The van der Waals surface area contributed by atoms with Crippen molar-refractivity contribution in [3.63, 3.8) is 0 Å². The van der Waals surface area contributed by atoms with E-state index < -0.39 is 29.5 Å². The minimum absolute atomic E-state index is 0.181. The van der Waals surface area contributed by atoms with Gasteiger partial charge in [0.2, 0.25) is 5.91 Å². The summed E-state index contributed by atoms with van der Waals surface area (Å²) in [7, 11) is 1.49. The number of ketones is 1. The summed E-state index contributed by atoms with van der Waals surface area (Å²) < 4.78 is 5.00. The Morgan fingerprint density at radius 3 is 2.43 bits per heavy atom. The first-order valence-electron chi connectivity index (χ1n) is 7.34. The van der Waals surface area contributed by atoms with E-state index in [9.17, 15) is 19.2 Å². The second kappa shape index (κ2) is 7.04. The quantitative estimate of drug-likeness (QED) is 0.632. The van der Waals surface area contributed by atoms with Gasteiger partial charge in [0.15, 0.2) is 11.7 Å². The number of hydrogen-bond donors (Lipinski definition) is 1. The summed E-state index contributed by atoms with van der Waals surface area (Å²) in [5.41, 5.74) is 0.212. The van der Waals surface area contributed by atoms with E-state index in [1.54, 1.807) is 12.1 Å². The monoisotopic (exact) mass is 318 g/mol. The van der Waals surface area contributed by atoms with Crippen LogP contribution in [0.2, 0.25) is 0 Å². The van der Waals surface area contributed by atoms with E-state index in [4.69, 9.17) is 4.74 Å². The maximum absolute atomic E-state index is 12.5. The van der Waals surface area contributed by atoms with Crippen LogP contribution in [0, 0.1) is 5.92 Å². The molecule has 1 N–H and O–H groups in total. The molecule has 1 atom stereocenters. The van der Waals surface area contributed by atoms with Crippen molar-refractivity contribution in [3.05, 3.63) is 29.8 Å². The van der Waals surface area contributed by atoms with Crippen LogP contribution in [-0.4, -0.2) is 42.2 Å². The topological polar surface area (TPSA) is 92.8 Å². The van der Waals surface area contributed by atoms with Crippen LogP contribution in [0.5, 0.6) is 5.75 Å². The highest BCUT2D eigenvalue weighted by Gasteiger charge is 2.44. The summed E-state index contributed by atoms with van der Waals surface area (Å²) in [6.07, 6.45) is 1.39. The lowest BCUT2D eigenvalue weighted by molar-refractivity contribution is -0.140. The molecule has 0 saturated carbocycles. The molecule has 1 unspecified atom stereocenters. The van der Waals surface area contributed by atoms with Crippen molar-refractivity contribution in [2.24, 2.45) is 5.92 Å². The summed E-state index contributed by atoms with van der Waals surface area (Å²) in [5.74, 6) is -3.26. The number of ether oxygens (including phenoxy) is 1. The van der Waals surface area contributed by atoms with Gasteiger partial charge in [0.05, 0.1) is 7.11 Å². The lowest BCUT2D eigenvalue weighted by atomic mass is 9.94. The van der Waals surface area contributed by atoms with Crippen LogP contribution in [0.3, 0.4) is 0 Å². The third kappa shape index (κ3) is 3.39. The number of urea groups is 1. The Labute approximate surface area is 133 Å². The van der Waals surface area contributed by atoms with Crippen molar-refractivity contribution in [3.8, 4) is 5.75 Å². The summed E-state index contributed by atoms with van der Waals surface area (Å²) in [6, 6.07) is 5.33. The number of benzene rings is 1. The molecule has 1 aliphatic heterocycles. The highest BCUT2D eigenvalue weighted by molar-refractivity contribution is 6.29. The first kappa shape index (κ1) is 16.7. The Morgan fingerprint density at radius 1 is 1.22 bits per heavy atom. The van der Waals surface area contributed by atoms with Gasteiger partial charge in [-0.2, -0.15) is 0 Å². The largest absolute Gasteiger partial charge is 0.497 e. The van der Waals surface area contributed by atoms with Gasteiger partial charge in [0.1, 0.15) is 5.75 Å². The molecule has 2 rings (SSSR count). The van der Waals surface area contributed by atoms with Crippen LogP contribution in [-0.2, 0) is 9.59 Å². The van der Waals surface area contributed by atoms with Gasteiger partial charge in [-0.15, -0.1) is 0 Å². The average molecular weight is 318 g/mol. The number of amides is 4. The Kier molecular flexibility index (Phi) is 5.10. The number of unbranched alkanes of at least 4 members (excludes halogenated alkanes) is 1. The molecule has 0 spiro atoms. The fourth-order valence-electron chi connectivity index (χ4n) is 2.29. The molecule has 0 aliphatic carbocycles. The molecule has 0 aromatic heterocycles. The molecule has 1 saturated heterocycles. The van der Waals surface area contributed by atoms with Gasteiger partial charge in [-0.1, -0.05) is 13.3 Å². The third-order valence-electron chi connectivity index (χ3n) is 3.62. The fourth-order valence-corrected chi connectivity index (χ4v) is 2.29. The zero-order valence-electron chi connectivity index (χ0n) is 13.0. The van der Waals surface area contributed by atoms with Gasteiger partial charge in [0.25, 0.3) is 5.91 Å². The van der Waals surface area contributed by atoms with Crippen molar-refractivity contribution in [1.29, 1.82) is 0 Å². The molecule has 1 heterocycles. The van der Waals surface area contributed by atoms with Crippen LogP contribution in [0.25, 0.3) is 0 Å². The van der Waals surface area contributed by atoms with Crippen LogP contribution in [0.4, 0.5) is 4.79 Å². The molecule has 1 fully saturated rings. The number of Topliss-reactive ketones (excluding diaryl/α,β-unsaturated/α-hetero) is 1. The molecule has 1 aromatic rings. The number of carbonyl (C=O) groups excluding carboxylic acids is 4. The number of carbonyl (C=O) groups is 4. The van der Waals surface area contributed by atoms with E-state index >= 15 is 0 Å². The summed E-state index contributed by atoms with van der Waals surface area (Å²) >= 11 is 0. The van der Waals surface area contributed by atoms with E-state index in [0.717, 1.165) is 11.3 Å². The molecule has 4 amide bonds. The van der Waals surface area contributed by atoms with Crippen LogP contribution in [0.15, 0.2) is 24.3 Å². The summed E-state index contributed by atoms with van der Waals surface area (Å²) in [4.78, 5) is 49.5. The Balaban J connectivity index is 2.24. The molecule has 1 aromatic carbocycles. The standard InChI is InChI=1S/C16H18N2O5/c1-3-4-9-18-15(21)12(14(20)17-16(18)22)13(19)10-5-7-11(23-2)8-6-10/h5-8,12H,3-4,9H2,1-2H3,(H,17,20,22). The summed E-state index contributed by atoms with van der Waals surface area (Å²) in [6.45, 7) is 2.10. The normalized spacial score (nSPS) is 17.9. The number of barbiturate groups is 1. The molecule has 1 aliphatic rings.